The van der Waals surface area contributed by atoms with Gasteiger partial charge in [0.15, 0.2) is 12.7 Å². The van der Waals surface area contributed by atoms with E-state index in [2.05, 4.69) is 16.0 Å². The minimum absolute atomic E-state index is 0.0131. The molecule has 2 unspecified atom stereocenters. The van der Waals surface area contributed by atoms with E-state index in [4.69, 9.17) is 32.7 Å². The van der Waals surface area contributed by atoms with E-state index in [0.29, 0.717) is 42.0 Å². The van der Waals surface area contributed by atoms with Gasteiger partial charge in [0.2, 0.25) is 0 Å². The molecule has 1 aliphatic heterocycles. The number of rotatable bonds is 9. The maximum atomic E-state index is 13.6. The standard InChI is InChI=1S/C27H30Cl2FN3O5/c28-16-1-4-24-18(9-16)23(31-5-6-34)12-25(38-24)27(36)33-22-11-21(14-7-15(22)8-14)32-26(35)13-37-17-2-3-19(29)20(30)10-17/h1-4,9-10,14-15,21-23,25,31,34H,5-8,11-13H2,(H,32,35)(H,33,36)/t14?,15?,21?,22?,23-,25-/m0/s1. The lowest BCUT2D eigenvalue weighted by Gasteiger charge is -2.51. The number of hydrogen-bond donors (Lipinski definition) is 4. The molecule has 4 atom stereocenters. The number of nitrogens with one attached hydrogen (secondary N) is 3. The summed E-state index contributed by atoms with van der Waals surface area (Å²) >= 11 is 11.8. The van der Waals surface area contributed by atoms with Crippen molar-refractivity contribution in [3.05, 3.63) is 57.8 Å². The second-order valence-electron chi connectivity index (χ2n) is 10.1. The van der Waals surface area contributed by atoms with Crippen LogP contribution in [0.4, 0.5) is 4.39 Å². The highest BCUT2D eigenvalue weighted by atomic mass is 35.5. The molecule has 38 heavy (non-hydrogen) atoms. The first-order valence-corrected chi connectivity index (χ1v) is 13.5. The number of hydrogen-bond acceptors (Lipinski definition) is 6. The molecule has 4 aliphatic rings. The number of ether oxygens (including phenoxy) is 2. The fraction of sp³-hybridized carbons (Fsp3) is 0.481. The molecular formula is C27H30Cl2FN3O5. The molecule has 2 amide bonds. The van der Waals surface area contributed by atoms with Crippen molar-refractivity contribution in [2.24, 2.45) is 11.8 Å². The predicted octanol–water partition coefficient (Wildman–Crippen LogP) is 3.39. The third kappa shape index (κ3) is 6.01. The highest BCUT2D eigenvalue weighted by Gasteiger charge is 2.47. The van der Waals surface area contributed by atoms with Crippen molar-refractivity contribution in [2.45, 2.75) is 49.9 Å². The molecule has 3 fully saturated rings. The first-order chi connectivity index (χ1) is 18.3. The number of aliphatic hydroxyl groups is 1. The second-order valence-corrected chi connectivity index (χ2v) is 11.0. The van der Waals surface area contributed by atoms with Crippen LogP contribution in [0, 0.1) is 17.7 Å². The van der Waals surface area contributed by atoms with Gasteiger partial charge in [-0.3, -0.25) is 9.59 Å². The molecule has 2 aromatic rings. The highest BCUT2D eigenvalue weighted by molar-refractivity contribution is 6.31. The Morgan fingerprint density at radius 1 is 1.03 bits per heavy atom. The lowest BCUT2D eigenvalue weighted by molar-refractivity contribution is -0.132. The van der Waals surface area contributed by atoms with Crippen molar-refractivity contribution >= 4 is 35.0 Å². The number of carbonyl (C=O) groups excluding carboxylic acids is 2. The fourth-order valence-electron chi connectivity index (χ4n) is 5.65. The minimum Gasteiger partial charge on any atom is -0.484 e. The molecule has 204 valence electrons. The summed E-state index contributed by atoms with van der Waals surface area (Å²) in [5.41, 5.74) is 0.862. The van der Waals surface area contributed by atoms with Crippen molar-refractivity contribution < 1.29 is 28.6 Å². The summed E-state index contributed by atoms with van der Waals surface area (Å²) in [6, 6.07) is 8.97. The molecular weight excluding hydrogens is 536 g/mol. The molecule has 11 heteroatoms. The van der Waals surface area contributed by atoms with Gasteiger partial charge in [0.25, 0.3) is 11.8 Å². The monoisotopic (exact) mass is 565 g/mol. The van der Waals surface area contributed by atoms with Gasteiger partial charge in [-0.25, -0.2) is 4.39 Å². The van der Waals surface area contributed by atoms with Crippen LogP contribution in [0.25, 0.3) is 0 Å². The second kappa shape index (κ2) is 11.7. The van der Waals surface area contributed by atoms with Crippen LogP contribution in [0.2, 0.25) is 10.0 Å². The van der Waals surface area contributed by atoms with Gasteiger partial charge in [-0.15, -0.1) is 0 Å². The van der Waals surface area contributed by atoms with Gasteiger partial charge in [-0.1, -0.05) is 23.2 Å². The number of halogens is 3. The van der Waals surface area contributed by atoms with Crippen LogP contribution in [-0.2, 0) is 9.59 Å². The number of carbonyl (C=O) groups is 2. The molecule has 0 spiro atoms. The van der Waals surface area contributed by atoms with Crippen molar-refractivity contribution in [1.29, 1.82) is 0 Å². The first kappa shape index (κ1) is 27.0. The molecule has 0 saturated heterocycles. The highest BCUT2D eigenvalue weighted by Crippen LogP contribution is 2.46. The Morgan fingerprint density at radius 2 is 1.79 bits per heavy atom. The molecule has 0 radical (unpaired) electrons. The van der Waals surface area contributed by atoms with Crippen LogP contribution in [0.3, 0.4) is 0 Å². The zero-order chi connectivity index (χ0) is 26.8. The molecule has 2 aromatic carbocycles. The lowest BCUT2D eigenvalue weighted by Crippen LogP contribution is -2.61. The van der Waals surface area contributed by atoms with Gasteiger partial charge in [0.05, 0.1) is 11.6 Å². The van der Waals surface area contributed by atoms with Gasteiger partial charge in [0, 0.05) is 47.7 Å². The Balaban J connectivity index is 1.16. The molecule has 0 aromatic heterocycles. The number of aliphatic hydroxyl groups excluding tert-OH is 1. The van der Waals surface area contributed by atoms with E-state index in [1.165, 1.54) is 12.1 Å². The molecule has 1 heterocycles. The average Bonchev–Trinajstić information content (AvgIpc) is 2.87. The van der Waals surface area contributed by atoms with Crippen LogP contribution in [0.15, 0.2) is 36.4 Å². The lowest BCUT2D eigenvalue weighted by atomic mass is 9.60. The first-order valence-electron chi connectivity index (χ1n) is 12.8. The normalized spacial score (nSPS) is 27.4. The third-order valence-electron chi connectivity index (χ3n) is 7.65. The predicted molar refractivity (Wildman–Crippen MR) is 140 cm³/mol. The fourth-order valence-corrected chi connectivity index (χ4v) is 5.95. The Labute approximate surface area is 230 Å². The van der Waals surface area contributed by atoms with E-state index in [-0.39, 0.29) is 53.9 Å². The maximum Gasteiger partial charge on any atom is 0.261 e. The van der Waals surface area contributed by atoms with Crippen molar-refractivity contribution in [1.82, 2.24) is 16.0 Å². The summed E-state index contributed by atoms with van der Waals surface area (Å²) < 4.78 is 25.1. The maximum absolute atomic E-state index is 13.6. The third-order valence-corrected chi connectivity index (χ3v) is 8.19. The summed E-state index contributed by atoms with van der Waals surface area (Å²) in [5.74, 6) is 0.431. The Morgan fingerprint density at radius 3 is 2.53 bits per heavy atom. The minimum atomic E-state index is -0.695. The van der Waals surface area contributed by atoms with Crippen molar-refractivity contribution in [3.8, 4) is 11.5 Å². The van der Waals surface area contributed by atoms with Gasteiger partial charge < -0.3 is 30.5 Å². The van der Waals surface area contributed by atoms with Crippen molar-refractivity contribution in [2.75, 3.05) is 19.8 Å². The van der Waals surface area contributed by atoms with Crippen LogP contribution in [-0.4, -0.2) is 54.9 Å². The Hall–Kier alpha value is -2.59. The zero-order valence-electron chi connectivity index (χ0n) is 20.6. The summed E-state index contributed by atoms with van der Waals surface area (Å²) in [6.45, 7) is 0.116. The summed E-state index contributed by atoms with van der Waals surface area (Å²) in [5, 5.41) is 19.3. The van der Waals surface area contributed by atoms with E-state index in [1.54, 1.807) is 12.1 Å². The van der Waals surface area contributed by atoms with Gasteiger partial charge in [0.1, 0.15) is 17.3 Å². The quantitative estimate of drug-likeness (QED) is 0.371. The van der Waals surface area contributed by atoms with E-state index < -0.39 is 11.9 Å². The van der Waals surface area contributed by atoms with Gasteiger partial charge in [-0.05, 0) is 61.4 Å². The van der Waals surface area contributed by atoms with Crippen LogP contribution < -0.4 is 25.4 Å². The Kier molecular flexibility index (Phi) is 8.28. The average molecular weight is 566 g/mol. The summed E-state index contributed by atoms with van der Waals surface area (Å²) in [7, 11) is 0. The summed E-state index contributed by atoms with van der Waals surface area (Å²) in [6.07, 6.45) is 2.17. The van der Waals surface area contributed by atoms with Gasteiger partial charge in [-0.2, -0.15) is 0 Å². The molecule has 2 bridgehead atoms. The zero-order valence-corrected chi connectivity index (χ0v) is 22.1. The topological polar surface area (TPSA) is 109 Å². The van der Waals surface area contributed by atoms with Crippen LogP contribution in [0.1, 0.15) is 37.3 Å². The van der Waals surface area contributed by atoms with Crippen LogP contribution >= 0.6 is 23.2 Å². The molecule has 8 nitrogen and oxygen atoms in total. The molecule has 3 saturated carbocycles. The Bertz CT molecular complexity index is 1200. The van der Waals surface area contributed by atoms with Gasteiger partial charge >= 0.3 is 0 Å². The molecule has 6 rings (SSSR count). The van der Waals surface area contributed by atoms with E-state index in [9.17, 15) is 19.1 Å². The number of benzene rings is 2. The largest absolute Gasteiger partial charge is 0.484 e. The van der Waals surface area contributed by atoms with Crippen LogP contribution in [0.5, 0.6) is 11.5 Å². The van der Waals surface area contributed by atoms with Crippen molar-refractivity contribution in [3.63, 3.8) is 0 Å². The molecule has 3 aliphatic carbocycles. The van der Waals surface area contributed by atoms with E-state index in [1.807, 2.05) is 6.07 Å². The van der Waals surface area contributed by atoms with E-state index in [0.717, 1.165) is 24.5 Å². The smallest absolute Gasteiger partial charge is 0.261 e. The summed E-state index contributed by atoms with van der Waals surface area (Å²) in [4.78, 5) is 25.8. The molecule has 4 N–H and O–H groups in total. The number of fused-ring (bicyclic) bond motifs is 3. The SMILES string of the molecule is O=C(COc1ccc(Cl)c(F)c1)NC1CC(NC(=O)[C@@H]2C[C@H](NCCO)c3cc(Cl)ccc3O2)C2CC1C2. The van der Waals surface area contributed by atoms with E-state index >= 15 is 0 Å². The number of amides is 2.